The van der Waals surface area contributed by atoms with Gasteiger partial charge in [0.05, 0.1) is 46.9 Å². The number of rotatable bonds is 9. The van der Waals surface area contributed by atoms with Gasteiger partial charge in [-0.1, -0.05) is 30.3 Å². The minimum absolute atomic E-state index is 0.0365. The van der Waals surface area contributed by atoms with Crippen molar-refractivity contribution in [2.45, 2.75) is 0 Å². The van der Waals surface area contributed by atoms with Crippen molar-refractivity contribution in [1.29, 1.82) is 0 Å². The van der Waals surface area contributed by atoms with Crippen LogP contribution in [0.15, 0.2) is 102 Å². The molecular formula is C33H23Br2FN4O6. The molecule has 1 N–H and O–H groups in total. The molecule has 46 heavy (non-hydrogen) atoms. The SMILES string of the molecule is COc1cc(C=Nn2c(-c3cc4c(OC)cccc4o3)nc3ccccc3c2=O)c(Br)c(Br)c1OCC(=O)Nc1ccccc1F. The first-order valence-electron chi connectivity index (χ1n) is 13.6. The van der Waals surface area contributed by atoms with Gasteiger partial charge in [0.1, 0.15) is 17.1 Å². The Balaban J connectivity index is 1.36. The highest BCUT2D eigenvalue weighted by molar-refractivity contribution is 9.13. The van der Waals surface area contributed by atoms with E-state index < -0.39 is 23.9 Å². The fourth-order valence-electron chi connectivity index (χ4n) is 4.70. The molecule has 10 nitrogen and oxygen atoms in total. The molecule has 0 unspecified atom stereocenters. The number of halogens is 3. The van der Waals surface area contributed by atoms with Gasteiger partial charge in [0.2, 0.25) is 5.82 Å². The number of methoxy groups -OCH3 is 2. The highest BCUT2D eigenvalue weighted by atomic mass is 79.9. The number of para-hydroxylation sites is 2. The fraction of sp³-hybridized carbons (Fsp3) is 0.0909. The van der Waals surface area contributed by atoms with Crippen molar-refractivity contribution in [2.24, 2.45) is 5.10 Å². The number of aromatic nitrogens is 2. The van der Waals surface area contributed by atoms with Crippen LogP contribution in [0.5, 0.6) is 17.2 Å². The number of fused-ring (bicyclic) bond motifs is 2. The van der Waals surface area contributed by atoms with E-state index in [0.29, 0.717) is 47.9 Å². The minimum atomic E-state index is -0.570. The summed E-state index contributed by atoms with van der Waals surface area (Å²) in [6.07, 6.45) is 1.45. The van der Waals surface area contributed by atoms with E-state index >= 15 is 0 Å². The Hall–Kier alpha value is -5.01. The third-order valence-corrected chi connectivity index (χ3v) is 9.04. The van der Waals surface area contributed by atoms with Crippen LogP contribution in [0.25, 0.3) is 33.5 Å². The Morgan fingerprint density at radius 1 is 0.978 bits per heavy atom. The van der Waals surface area contributed by atoms with Gasteiger partial charge >= 0.3 is 0 Å². The normalized spacial score (nSPS) is 11.3. The zero-order valence-corrected chi connectivity index (χ0v) is 27.4. The average molecular weight is 750 g/mol. The van der Waals surface area contributed by atoms with Gasteiger partial charge in [-0.2, -0.15) is 9.78 Å². The summed E-state index contributed by atoms with van der Waals surface area (Å²) in [5.74, 6) is 0.458. The maximum atomic E-state index is 14.0. The van der Waals surface area contributed by atoms with E-state index in [1.807, 2.05) is 6.07 Å². The van der Waals surface area contributed by atoms with Gasteiger partial charge in [-0.15, -0.1) is 0 Å². The summed E-state index contributed by atoms with van der Waals surface area (Å²) in [5.41, 5.74) is 1.17. The lowest BCUT2D eigenvalue weighted by Crippen LogP contribution is -2.21. The predicted octanol–water partition coefficient (Wildman–Crippen LogP) is 7.39. The van der Waals surface area contributed by atoms with Crippen LogP contribution in [0.2, 0.25) is 0 Å². The fourth-order valence-corrected chi connectivity index (χ4v) is 5.64. The molecule has 0 aliphatic heterocycles. The third kappa shape index (κ3) is 5.98. The topological polar surface area (TPSA) is 117 Å². The van der Waals surface area contributed by atoms with E-state index in [1.165, 1.54) is 31.5 Å². The number of hydrogen-bond donors (Lipinski definition) is 1. The third-order valence-electron chi connectivity index (χ3n) is 6.90. The van der Waals surface area contributed by atoms with E-state index in [4.69, 9.17) is 23.6 Å². The van der Waals surface area contributed by atoms with Crippen LogP contribution in [-0.2, 0) is 4.79 Å². The van der Waals surface area contributed by atoms with E-state index in [-0.39, 0.29) is 23.0 Å². The van der Waals surface area contributed by atoms with Crippen LogP contribution >= 0.6 is 31.9 Å². The second-order valence-corrected chi connectivity index (χ2v) is 11.3. The van der Waals surface area contributed by atoms with Crippen LogP contribution in [0, 0.1) is 5.82 Å². The second kappa shape index (κ2) is 13.2. The summed E-state index contributed by atoms with van der Waals surface area (Å²) < 4.78 is 38.9. The van der Waals surface area contributed by atoms with Gasteiger partial charge in [-0.25, -0.2) is 9.37 Å². The van der Waals surface area contributed by atoms with Crippen LogP contribution in [0.4, 0.5) is 10.1 Å². The number of nitrogens with zero attached hydrogens (tertiary/aromatic N) is 3. The van der Waals surface area contributed by atoms with Gasteiger partial charge in [0, 0.05) is 10.0 Å². The van der Waals surface area contributed by atoms with Crippen molar-refractivity contribution < 1.29 is 27.8 Å². The van der Waals surface area contributed by atoms with Crippen LogP contribution in [0.3, 0.4) is 0 Å². The van der Waals surface area contributed by atoms with Crippen molar-refractivity contribution in [3.8, 4) is 28.8 Å². The molecule has 0 atom stereocenters. The Kier molecular flexibility index (Phi) is 8.86. The molecule has 0 aliphatic rings. The minimum Gasteiger partial charge on any atom is -0.496 e. The molecule has 13 heteroatoms. The number of ether oxygens (including phenoxy) is 3. The molecule has 6 aromatic rings. The van der Waals surface area contributed by atoms with Crippen molar-refractivity contribution >= 4 is 71.5 Å². The highest BCUT2D eigenvalue weighted by Crippen LogP contribution is 2.42. The van der Waals surface area contributed by atoms with Crippen LogP contribution < -0.4 is 25.1 Å². The monoisotopic (exact) mass is 748 g/mol. The first kappa shape index (κ1) is 31.0. The predicted molar refractivity (Wildman–Crippen MR) is 180 cm³/mol. The van der Waals surface area contributed by atoms with Gasteiger partial charge in [-0.05, 0) is 80.4 Å². The molecule has 2 heterocycles. The average Bonchev–Trinajstić information content (AvgIpc) is 3.51. The Bertz CT molecular complexity index is 2220. The first-order valence-corrected chi connectivity index (χ1v) is 15.2. The summed E-state index contributed by atoms with van der Waals surface area (Å²) >= 11 is 7.04. The molecule has 0 aliphatic carbocycles. The molecule has 2 aromatic heterocycles. The molecule has 4 aromatic carbocycles. The molecule has 6 rings (SSSR count). The van der Waals surface area contributed by atoms with Crippen molar-refractivity contribution in [3.63, 3.8) is 0 Å². The number of benzene rings is 4. The molecule has 0 saturated carbocycles. The standard InChI is InChI=1S/C33H23Br2FN4O6/c1-43-24-12-7-13-25-20(24)15-27(46-25)32-39-22-10-5-3-8-19(22)33(42)40(32)37-16-18-14-26(44-2)31(30(35)29(18)34)45-17-28(41)38-23-11-6-4-9-21(23)36/h3-16H,17H2,1-2H3,(H,38,41). The zero-order valence-electron chi connectivity index (χ0n) is 24.2. The second-order valence-electron chi connectivity index (χ2n) is 9.74. The number of nitrogens with one attached hydrogen (secondary N) is 1. The van der Waals surface area contributed by atoms with Crippen molar-refractivity contribution in [3.05, 3.63) is 110 Å². The number of furan rings is 1. The largest absolute Gasteiger partial charge is 0.496 e. The maximum absolute atomic E-state index is 14.0. The number of amides is 1. The number of hydrogen-bond acceptors (Lipinski definition) is 8. The smallest absolute Gasteiger partial charge is 0.282 e. The molecule has 0 fully saturated rings. The Morgan fingerprint density at radius 3 is 2.52 bits per heavy atom. The Morgan fingerprint density at radius 2 is 1.74 bits per heavy atom. The lowest BCUT2D eigenvalue weighted by Gasteiger charge is -2.15. The van der Waals surface area contributed by atoms with Crippen LogP contribution in [0.1, 0.15) is 5.56 Å². The van der Waals surface area contributed by atoms with Gasteiger partial charge in [-0.3, -0.25) is 9.59 Å². The van der Waals surface area contributed by atoms with Crippen LogP contribution in [-0.4, -0.2) is 42.6 Å². The van der Waals surface area contributed by atoms with Crippen molar-refractivity contribution in [1.82, 2.24) is 9.66 Å². The number of carbonyl (C=O) groups is 1. The number of anilines is 1. The molecule has 0 bridgehead atoms. The van der Waals surface area contributed by atoms with E-state index in [0.717, 1.165) is 4.68 Å². The van der Waals surface area contributed by atoms with Crippen molar-refractivity contribution in [2.75, 3.05) is 26.1 Å². The highest BCUT2D eigenvalue weighted by Gasteiger charge is 2.20. The summed E-state index contributed by atoms with van der Waals surface area (Å²) in [6.45, 7) is -0.424. The molecule has 0 spiro atoms. The first-order chi connectivity index (χ1) is 22.3. The summed E-state index contributed by atoms with van der Waals surface area (Å²) in [5, 5.41) is 8.09. The lowest BCUT2D eigenvalue weighted by molar-refractivity contribution is -0.118. The summed E-state index contributed by atoms with van der Waals surface area (Å²) in [4.78, 5) is 30.9. The molecular weight excluding hydrogens is 727 g/mol. The number of carbonyl (C=O) groups excluding carboxylic acids is 1. The molecule has 1 amide bonds. The quantitative estimate of drug-likeness (QED) is 0.153. The maximum Gasteiger partial charge on any atom is 0.282 e. The van der Waals surface area contributed by atoms with Gasteiger partial charge in [0.15, 0.2) is 23.9 Å². The molecule has 232 valence electrons. The lowest BCUT2D eigenvalue weighted by atomic mass is 10.2. The molecule has 0 saturated heterocycles. The zero-order chi connectivity index (χ0) is 32.4. The van der Waals surface area contributed by atoms with Gasteiger partial charge < -0.3 is 23.9 Å². The summed E-state index contributed by atoms with van der Waals surface area (Å²) in [6, 6.07) is 21.6. The summed E-state index contributed by atoms with van der Waals surface area (Å²) in [7, 11) is 3.01. The van der Waals surface area contributed by atoms with Gasteiger partial charge in [0.25, 0.3) is 11.5 Å². The van der Waals surface area contributed by atoms with E-state index in [1.54, 1.807) is 61.7 Å². The molecule has 0 radical (unpaired) electrons. The Labute approximate surface area is 277 Å². The van der Waals surface area contributed by atoms with E-state index in [2.05, 4.69) is 42.3 Å². The van der Waals surface area contributed by atoms with E-state index in [9.17, 15) is 14.0 Å².